The Balaban J connectivity index is 2.24. The van der Waals surface area contributed by atoms with E-state index >= 15 is 0 Å². The summed E-state index contributed by atoms with van der Waals surface area (Å²) in [6, 6.07) is 0. The molecule has 0 aliphatic carbocycles. The highest BCUT2D eigenvalue weighted by Crippen LogP contribution is 2.34. The quantitative estimate of drug-likeness (QED) is 0.683. The smallest absolute Gasteiger partial charge is 0.141 e. The van der Waals surface area contributed by atoms with Gasteiger partial charge in [0.05, 0.1) is 6.54 Å². The number of fused-ring (bicyclic) bond motifs is 1. The third-order valence-electron chi connectivity index (χ3n) is 3.46. The van der Waals surface area contributed by atoms with Gasteiger partial charge in [-0.05, 0) is 43.2 Å². The van der Waals surface area contributed by atoms with Gasteiger partial charge in [-0.1, -0.05) is 43.1 Å². The Labute approximate surface area is 126 Å². The van der Waals surface area contributed by atoms with Gasteiger partial charge in [-0.15, -0.1) is 0 Å². The first-order chi connectivity index (χ1) is 9.69. The summed E-state index contributed by atoms with van der Waals surface area (Å²) >= 11 is 1.65. The first kappa shape index (κ1) is 14.9. The van der Waals surface area contributed by atoms with E-state index in [0.717, 1.165) is 35.8 Å². The van der Waals surface area contributed by atoms with Crippen LogP contribution in [0.25, 0.3) is 0 Å². The lowest BCUT2D eigenvalue weighted by molar-refractivity contribution is 0.571. The minimum Gasteiger partial charge on any atom is -0.329 e. The topological polar surface area (TPSA) is 15.6 Å². The van der Waals surface area contributed by atoms with E-state index in [1.807, 2.05) is 26.0 Å². The SMILES string of the molecule is C=C(/C=C\C)C1=C2CCCN2C(C(=C)S/C=C\C)=NC1. The van der Waals surface area contributed by atoms with Crippen molar-refractivity contribution in [3.63, 3.8) is 0 Å². The Hall–Kier alpha value is -1.48. The van der Waals surface area contributed by atoms with Gasteiger partial charge in [0.25, 0.3) is 0 Å². The molecule has 2 aliphatic heterocycles. The van der Waals surface area contributed by atoms with Crippen molar-refractivity contribution in [3.05, 3.63) is 58.5 Å². The van der Waals surface area contributed by atoms with Gasteiger partial charge in [0.2, 0.25) is 0 Å². The highest BCUT2D eigenvalue weighted by Gasteiger charge is 2.29. The number of aliphatic imine (C=N–C) groups is 1. The maximum Gasteiger partial charge on any atom is 0.141 e. The predicted molar refractivity (Wildman–Crippen MR) is 90.8 cm³/mol. The van der Waals surface area contributed by atoms with Crippen molar-refractivity contribution < 1.29 is 0 Å². The van der Waals surface area contributed by atoms with E-state index in [-0.39, 0.29) is 0 Å². The summed E-state index contributed by atoms with van der Waals surface area (Å²) in [6.07, 6.45) is 8.44. The molecule has 0 aromatic rings. The summed E-state index contributed by atoms with van der Waals surface area (Å²) < 4.78 is 0. The molecule has 0 amide bonds. The fourth-order valence-corrected chi connectivity index (χ4v) is 3.16. The van der Waals surface area contributed by atoms with Gasteiger partial charge in [0.1, 0.15) is 5.84 Å². The monoisotopic (exact) mass is 286 g/mol. The maximum absolute atomic E-state index is 4.75. The zero-order valence-electron chi connectivity index (χ0n) is 12.4. The average molecular weight is 286 g/mol. The number of hydrogen-bond donors (Lipinski definition) is 0. The zero-order valence-corrected chi connectivity index (χ0v) is 13.2. The number of hydrogen-bond acceptors (Lipinski definition) is 3. The first-order valence-corrected chi connectivity index (χ1v) is 7.90. The van der Waals surface area contributed by atoms with Crippen LogP contribution in [0.3, 0.4) is 0 Å². The van der Waals surface area contributed by atoms with Crippen molar-refractivity contribution in [2.75, 3.05) is 13.1 Å². The van der Waals surface area contributed by atoms with Gasteiger partial charge in [0, 0.05) is 17.1 Å². The largest absolute Gasteiger partial charge is 0.329 e. The molecule has 2 nitrogen and oxygen atoms in total. The standard InChI is InChI=1S/C17H22N2S/c1-5-8-13(3)15-12-18-17(14(4)20-11-6-2)19-10-7-9-16(15)19/h5-6,8,11H,3-4,7,9-10,12H2,1-2H3/b8-5-,11-6-. The van der Waals surface area contributed by atoms with Gasteiger partial charge in [-0.25, -0.2) is 0 Å². The van der Waals surface area contributed by atoms with Crippen LogP contribution in [-0.4, -0.2) is 23.8 Å². The fraction of sp³-hybridized carbons (Fsp3) is 0.353. The summed E-state index contributed by atoms with van der Waals surface area (Å²) in [6.45, 7) is 14.1. The van der Waals surface area contributed by atoms with Crippen LogP contribution >= 0.6 is 11.8 Å². The number of thioether (sulfide) groups is 1. The zero-order chi connectivity index (χ0) is 14.5. The second kappa shape index (κ2) is 6.80. The molecule has 2 aliphatic rings. The molecule has 20 heavy (non-hydrogen) atoms. The molecule has 0 bridgehead atoms. The molecule has 0 saturated carbocycles. The van der Waals surface area contributed by atoms with Gasteiger partial charge < -0.3 is 4.90 Å². The average Bonchev–Trinajstić information content (AvgIpc) is 2.93. The third-order valence-corrected chi connectivity index (χ3v) is 4.34. The van der Waals surface area contributed by atoms with E-state index in [2.05, 4.69) is 29.5 Å². The molecule has 0 aromatic heterocycles. The van der Waals surface area contributed by atoms with Crippen molar-refractivity contribution in [3.8, 4) is 0 Å². The van der Waals surface area contributed by atoms with Crippen LogP contribution < -0.4 is 0 Å². The van der Waals surface area contributed by atoms with Crippen LogP contribution in [0.1, 0.15) is 26.7 Å². The van der Waals surface area contributed by atoms with Gasteiger partial charge in [-0.2, -0.15) is 0 Å². The van der Waals surface area contributed by atoms with Gasteiger partial charge >= 0.3 is 0 Å². The molecule has 0 radical (unpaired) electrons. The summed E-state index contributed by atoms with van der Waals surface area (Å²) in [5, 5.41) is 2.05. The Kier molecular flexibility index (Phi) is 5.07. The number of allylic oxidation sites excluding steroid dienone is 4. The van der Waals surface area contributed by atoms with E-state index < -0.39 is 0 Å². The summed E-state index contributed by atoms with van der Waals surface area (Å²) in [5.74, 6) is 1.04. The molecule has 1 fully saturated rings. The van der Waals surface area contributed by atoms with Gasteiger partial charge in [0.15, 0.2) is 0 Å². The molecule has 0 unspecified atom stereocenters. The third kappa shape index (κ3) is 2.98. The molecule has 2 rings (SSSR count). The van der Waals surface area contributed by atoms with Crippen LogP contribution in [-0.2, 0) is 0 Å². The molecule has 3 heteroatoms. The predicted octanol–water partition coefficient (Wildman–Crippen LogP) is 4.66. The van der Waals surface area contributed by atoms with Crippen molar-refractivity contribution in [1.29, 1.82) is 0 Å². The number of rotatable bonds is 5. The van der Waals surface area contributed by atoms with Crippen molar-refractivity contribution >= 4 is 17.6 Å². The van der Waals surface area contributed by atoms with E-state index in [0.29, 0.717) is 0 Å². The summed E-state index contributed by atoms with van der Waals surface area (Å²) in [4.78, 5) is 8.10. The fourth-order valence-electron chi connectivity index (χ4n) is 2.58. The molecular formula is C17H22N2S. The first-order valence-electron chi connectivity index (χ1n) is 7.02. The minimum absolute atomic E-state index is 0.722. The summed E-state index contributed by atoms with van der Waals surface area (Å²) in [5.41, 5.74) is 3.76. The van der Waals surface area contributed by atoms with Crippen LogP contribution in [0.15, 0.2) is 63.5 Å². The Morgan fingerprint density at radius 3 is 2.80 bits per heavy atom. The normalized spacial score (nSPS) is 18.9. The van der Waals surface area contributed by atoms with Crippen molar-refractivity contribution in [1.82, 2.24) is 4.90 Å². The molecule has 1 saturated heterocycles. The maximum atomic E-state index is 4.75. The van der Waals surface area contributed by atoms with Crippen molar-refractivity contribution in [2.45, 2.75) is 26.7 Å². The van der Waals surface area contributed by atoms with Crippen LogP contribution in [0.2, 0.25) is 0 Å². The number of nitrogens with zero attached hydrogens (tertiary/aromatic N) is 2. The van der Waals surface area contributed by atoms with Crippen LogP contribution in [0.4, 0.5) is 0 Å². The van der Waals surface area contributed by atoms with Gasteiger partial charge in [-0.3, -0.25) is 4.99 Å². The van der Waals surface area contributed by atoms with E-state index in [4.69, 9.17) is 4.99 Å². The minimum atomic E-state index is 0.722. The Morgan fingerprint density at radius 1 is 1.30 bits per heavy atom. The molecule has 0 atom stereocenters. The van der Waals surface area contributed by atoms with Crippen LogP contribution in [0.5, 0.6) is 0 Å². The molecular weight excluding hydrogens is 264 g/mol. The highest BCUT2D eigenvalue weighted by atomic mass is 32.2. The highest BCUT2D eigenvalue weighted by molar-refractivity contribution is 8.06. The Bertz CT molecular complexity index is 535. The Morgan fingerprint density at radius 2 is 2.10 bits per heavy atom. The van der Waals surface area contributed by atoms with E-state index in [1.165, 1.54) is 17.7 Å². The molecule has 106 valence electrons. The second-order valence-electron chi connectivity index (χ2n) is 4.86. The molecule has 2 heterocycles. The molecule has 0 aromatic carbocycles. The summed E-state index contributed by atoms with van der Waals surface area (Å²) in [7, 11) is 0. The van der Waals surface area contributed by atoms with Crippen LogP contribution in [0, 0.1) is 0 Å². The molecule has 0 spiro atoms. The lowest BCUT2D eigenvalue weighted by Gasteiger charge is -2.29. The number of amidine groups is 1. The van der Waals surface area contributed by atoms with E-state index in [1.54, 1.807) is 11.8 Å². The lowest BCUT2D eigenvalue weighted by Crippen LogP contribution is -2.31. The van der Waals surface area contributed by atoms with E-state index in [9.17, 15) is 0 Å². The lowest BCUT2D eigenvalue weighted by atomic mass is 10.0. The second-order valence-corrected chi connectivity index (χ2v) is 5.86. The van der Waals surface area contributed by atoms with Crippen molar-refractivity contribution in [2.24, 2.45) is 4.99 Å². The molecule has 0 N–H and O–H groups in total.